The molecule has 5 nitrogen and oxygen atoms in total. The molecule has 0 radical (unpaired) electrons. The second-order valence-corrected chi connectivity index (χ2v) is 5.58. The normalized spacial score (nSPS) is 26.2. The number of rotatable bonds is 4. The van der Waals surface area contributed by atoms with Gasteiger partial charge in [0, 0.05) is 32.7 Å². The fourth-order valence-electron chi connectivity index (χ4n) is 2.89. The molecule has 0 aromatic carbocycles. The van der Waals surface area contributed by atoms with Crippen LogP contribution in [0.1, 0.15) is 25.7 Å². The zero-order chi connectivity index (χ0) is 13.5. The molecule has 0 spiro atoms. The van der Waals surface area contributed by atoms with Crippen molar-refractivity contribution in [1.29, 1.82) is 0 Å². The molecular weight excluding hydrogens is 242 g/mol. The van der Waals surface area contributed by atoms with E-state index in [-0.39, 0.29) is 6.10 Å². The Balaban J connectivity index is 1.77. The zero-order valence-corrected chi connectivity index (χ0v) is 12.1. The van der Waals surface area contributed by atoms with E-state index in [1.165, 1.54) is 12.8 Å². The maximum absolute atomic E-state index is 12.3. The van der Waals surface area contributed by atoms with Crippen molar-refractivity contribution in [2.45, 2.75) is 31.8 Å². The molecule has 1 amide bonds. The van der Waals surface area contributed by atoms with Crippen molar-refractivity contribution >= 4 is 5.91 Å². The van der Waals surface area contributed by atoms with E-state index in [0.717, 1.165) is 52.2 Å². The van der Waals surface area contributed by atoms with Crippen molar-refractivity contribution in [2.75, 3.05) is 52.9 Å². The highest BCUT2D eigenvalue weighted by atomic mass is 16.5. The standard InChI is InChI=1S/C14H27N3O2/c1-15-10-13-11-16(8-9-19-13)12-14(18)17-6-4-2-3-5-7-17/h13,15H,2-12H2,1H3. The van der Waals surface area contributed by atoms with Crippen LogP contribution >= 0.6 is 0 Å². The minimum atomic E-state index is 0.218. The molecule has 1 N–H and O–H groups in total. The van der Waals surface area contributed by atoms with E-state index in [4.69, 9.17) is 4.74 Å². The van der Waals surface area contributed by atoms with Gasteiger partial charge in [-0.1, -0.05) is 12.8 Å². The maximum Gasteiger partial charge on any atom is 0.236 e. The van der Waals surface area contributed by atoms with Crippen molar-refractivity contribution in [3.8, 4) is 0 Å². The molecule has 0 aliphatic carbocycles. The largest absolute Gasteiger partial charge is 0.374 e. The first-order valence-electron chi connectivity index (χ1n) is 7.56. The highest BCUT2D eigenvalue weighted by Gasteiger charge is 2.24. The van der Waals surface area contributed by atoms with Crippen LogP contribution in [0.2, 0.25) is 0 Å². The molecule has 0 saturated carbocycles. The highest BCUT2D eigenvalue weighted by Crippen LogP contribution is 2.11. The van der Waals surface area contributed by atoms with Crippen LogP contribution < -0.4 is 5.32 Å². The fourth-order valence-corrected chi connectivity index (χ4v) is 2.89. The van der Waals surface area contributed by atoms with Crippen LogP contribution in [0.3, 0.4) is 0 Å². The third-order valence-corrected chi connectivity index (χ3v) is 3.97. The van der Waals surface area contributed by atoms with E-state index < -0.39 is 0 Å². The first kappa shape index (κ1) is 14.8. The lowest BCUT2D eigenvalue weighted by Gasteiger charge is -2.33. The summed E-state index contributed by atoms with van der Waals surface area (Å²) in [6.07, 6.45) is 5.08. The molecule has 2 aliphatic heterocycles. The summed E-state index contributed by atoms with van der Waals surface area (Å²) < 4.78 is 5.67. The number of carbonyl (C=O) groups excluding carboxylic acids is 1. The summed E-state index contributed by atoms with van der Waals surface area (Å²) in [7, 11) is 1.94. The first-order chi connectivity index (χ1) is 9.29. The number of carbonyl (C=O) groups is 1. The lowest BCUT2D eigenvalue weighted by Crippen LogP contribution is -2.50. The second kappa shape index (κ2) is 7.82. The zero-order valence-electron chi connectivity index (χ0n) is 12.1. The number of nitrogens with zero attached hydrogens (tertiary/aromatic N) is 2. The van der Waals surface area contributed by atoms with Crippen molar-refractivity contribution in [1.82, 2.24) is 15.1 Å². The average Bonchev–Trinajstić information content (AvgIpc) is 2.68. The molecule has 1 atom stereocenters. The minimum Gasteiger partial charge on any atom is -0.374 e. The van der Waals surface area contributed by atoms with Crippen molar-refractivity contribution in [2.24, 2.45) is 0 Å². The number of hydrogen-bond donors (Lipinski definition) is 1. The van der Waals surface area contributed by atoms with Crippen LogP contribution in [0.4, 0.5) is 0 Å². The molecule has 0 aromatic rings. The number of amides is 1. The van der Waals surface area contributed by atoms with Crippen LogP contribution in [0, 0.1) is 0 Å². The van der Waals surface area contributed by atoms with E-state index in [1.54, 1.807) is 0 Å². The number of likely N-dealkylation sites (tertiary alicyclic amines) is 1. The van der Waals surface area contributed by atoms with E-state index in [2.05, 4.69) is 15.1 Å². The van der Waals surface area contributed by atoms with Crippen LogP contribution in [-0.2, 0) is 9.53 Å². The maximum atomic E-state index is 12.3. The number of likely N-dealkylation sites (N-methyl/N-ethyl adjacent to an activating group) is 1. The van der Waals surface area contributed by atoms with Gasteiger partial charge >= 0.3 is 0 Å². The number of hydrogen-bond acceptors (Lipinski definition) is 4. The molecular formula is C14H27N3O2. The predicted octanol–water partition coefficient (Wildman–Crippen LogP) is 0.309. The molecule has 19 heavy (non-hydrogen) atoms. The van der Waals surface area contributed by atoms with Crippen LogP contribution in [0.5, 0.6) is 0 Å². The van der Waals surface area contributed by atoms with Gasteiger partial charge in [0.25, 0.3) is 0 Å². The third kappa shape index (κ3) is 4.75. The molecule has 0 aromatic heterocycles. The Morgan fingerprint density at radius 3 is 2.63 bits per heavy atom. The third-order valence-electron chi connectivity index (χ3n) is 3.97. The van der Waals surface area contributed by atoms with Crippen LogP contribution in [-0.4, -0.2) is 74.7 Å². The predicted molar refractivity (Wildman–Crippen MR) is 75.2 cm³/mol. The summed E-state index contributed by atoms with van der Waals surface area (Å²) in [5.74, 6) is 0.298. The van der Waals surface area contributed by atoms with Gasteiger partial charge in [-0.05, 0) is 19.9 Å². The molecule has 1 unspecified atom stereocenters. The summed E-state index contributed by atoms with van der Waals surface area (Å²) in [5.41, 5.74) is 0. The van der Waals surface area contributed by atoms with Gasteiger partial charge in [0.05, 0.1) is 19.3 Å². The van der Waals surface area contributed by atoms with Crippen LogP contribution in [0.25, 0.3) is 0 Å². The Bertz CT molecular complexity index is 276. The lowest BCUT2D eigenvalue weighted by atomic mass is 10.2. The SMILES string of the molecule is CNCC1CN(CC(=O)N2CCCCCC2)CCO1. The molecule has 2 rings (SSSR count). The molecule has 5 heteroatoms. The topological polar surface area (TPSA) is 44.8 Å². The van der Waals surface area contributed by atoms with Gasteiger partial charge in [-0.25, -0.2) is 0 Å². The van der Waals surface area contributed by atoms with Gasteiger partial charge < -0.3 is 15.0 Å². The fraction of sp³-hybridized carbons (Fsp3) is 0.929. The number of nitrogens with one attached hydrogen (secondary N) is 1. The molecule has 2 fully saturated rings. The van der Waals surface area contributed by atoms with Crippen molar-refractivity contribution < 1.29 is 9.53 Å². The Hall–Kier alpha value is -0.650. The van der Waals surface area contributed by atoms with Gasteiger partial charge in [0.15, 0.2) is 0 Å². The van der Waals surface area contributed by atoms with Crippen molar-refractivity contribution in [3.63, 3.8) is 0 Å². The Morgan fingerprint density at radius 1 is 1.21 bits per heavy atom. The summed E-state index contributed by atoms with van der Waals surface area (Å²) in [4.78, 5) is 16.6. The first-order valence-corrected chi connectivity index (χ1v) is 7.56. The molecule has 110 valence electrons. The average molecular weight is 269 g/mol. The second-order valence-electron chi connectivity index (χ2n) is 5.58. The van der Waals surface area contributed by atoms with E-state index >= 15 is 0 Å². The minimum absolute atomic E-state index is 0.218. The van der Waals surface area contributed by atoms with E-state index in [9.17, 15) is 4.79 Å². The van der Waals surface area contributed by atoms with E-state index in [0.29, 0.717) is 12.5 Å². The Labute approximate surface area is 116 Å². The van der Waals surface area contributed by atoms with Gasteiger partial charge in [0.2, 0.25) is 5.91 Å². The number of ether oxygens (including phenoxy) is 1. The monoisotopic (exact) mass is 269 g/mol. The summed E-state index contributed by atoms with van der Waals surface area (Å²) in [6.45, 7) is 5.78. The molecule has 2 aliphatic rings. The van der Waals surface area contributed by atoms with Gasteiger partial charge in [-0.3, -0.25) is 9.69 Å². The van der Waals surface area contributed by atoms with E-state index in [1.807, 2.05) is 7.05 Å². The quantitative estimate of drug-likeness (QED) is 0.798. The summed E-state index contributed by atoms with van der Waals surface area (Å²) in [6, 6.07) is 0. The van der Waals surface area contributed by atoms with Crippen molar-refractivity contribution in [3.05, 3.63) is 0 Å². The highest BCUT2D eigenvalue weighted by molar-refractivity contribution is 5.78. The van der Waals surface area contributed by atoms with Gasteiger partial charge in [-0.2, -0.15) is 0 Å². The Morgan fingerprint density at radius 2 is 1.95 bits per heavy atom. The molecule has 2 heterocycles. The van der Waals surface area contributed by atoms with Gasteiger partial charge in [0.1, 0.15) is 0 Å². The lowest BCUT2D eigenvalue weighted by molar-refractivity contribution is -0.134. The smallest absolute Gasteiger partial charge is 0.236 e. The van der Waals surface area contributed by atoms with Crippen LogP contribution in [0.15, 0.2) is 0 Å². The Kier molecular flexibility index (Phi) is 6.07. The summed E-state index contributed by atoms with van der Waals surface area (Å²) >= 11 is 0. The number of morpholine rings is 1. The molecule has 2 saturated heterocycles. The molecule has 0 bridgehead atoms. The summed E-state index contributed by atoms with van der Waals surface area (Å²) in [5, 5.41) is 3.14. The van der Waals surface area contributed by atoms with Gasteiger partial charge in [-0.15, -0.1) is 0 Å².